The van der Waals surface area contributed by atoms with Crippen molar-refractivity contribution in [2.75, 3.05) is 26.7 Å². The molecule has 0 aliphatic carbocycles. The number of carbonyl (C=O) groups excluding carboxylic acids is 2. The lowest BCUT2D eigenvalue weighted by atomic mass is 10.1. The summed E-state index contributed by atoms with van der Waals surface area (Å²) in [6.45, 7) is 3.60. The Labute approximate surface area is 137 Å². The van der Waals surface area contributed by atoms with E-state index >= 15 is 0 Å². The number of urea groups is 1. The van der Waals surface area contributed by atoms with E-state index in [-0.39, 0.29) is 18.0 Å². The molecule has 0 radical (unpaired) electrons. The van der Waals surface area contributed by atoms with Crippen molar-refractivity contribution >= 4 is 11.9 Å². The molecule has 1 saturated heterocycles. The highest BCUT2D eigenvalue weighted by molar-refractivity contribution is 5.75. The predicted octanol–water partition coefficient (Wildman–Crippen LogP) is 1.55. The van der Waals surface area contributed by atoms with Crippen LogP contribution >= 0.6 is 0 Å². The van der Waals surface area contributed by atoms with Gasteiger partial charge in [-0.3, -0.25) is 4.79 Å². The average molecular weight is 319 g/mol. The standard InChI is InChI=1S/C17H25N3O3/c1-13(21)20-11-8-15(9-12-20)19-17(22)18-10-7-14-3-5-16(23-2)6-4-14/h3-6,15H,7-12H2,1-2H3,(H2,18,19,22). The van der Waals surface area contributed by atoms with Crippen molar-refractivity contribution in [3.63, 3.8) is 0 Å². The van der Waals surface area contributed by atoms with Crippen LogP contribution in [0.1, 0.15) is 25.3 Å². The van der Waals surface area contributed by atoms with Crippen LogP contribution in [0.2, 0.25) is 0 Å². The molecular formula is C17H25N3O3. The summed E-state index contributed by atoms with van der Waals surface area (Å²) >= 11 is 0. The van der Waals surface area contributed by atoms with Gasteiger partial charge >= 0.3 is 6.03 Å². The molecule has 3 amide bonds. The molecule has 2 rings (SSSR count). The Kier molecular flexibility index (Phi) is 6.26. The summed E-state index contributed by atoms with van der Waals surface area (Å²) in [5.74, 6) is 0.934. The maximum absolute atomic E-state index is 11.9. The molecule has 1 aromatic rings. The van der Waals surface area contributed by atoms with E-state index in [9.17, 15) is 9.59 Å². The summed E-state index contributed by atoms with van der Waals surface area (Å²) in [7, 11) is 1.64. The summed E-state index contributed by atoms with van der Waals surface area (Å²) in [5, 5.41) is 5.85. The van der Waals surface area contributed by atoms with E-state index in [4.69, 9.17) is 4.74 Å². The second-order valence-corrected chi connectivity index (χ2v) is 5.78. The van der Waals surface area contributed by atoms with E-state index in [0.29, 0.717) is 19.6 Å². The number of hydrogen-bond donors (Lipinski definition) is 2. The largest absolute Gasteiger partial charge is 0.497 e. The van der Waals surface area contributed by atoms with Gasteiger partial charge in [0, 0.05) is 32.6 Å². The highest BCUT2D eigenvalue weighted by atomic mass is 16.5. The van der Waals surface area contributed by atoms with Gasteiger partial charge in [-0.1, -0.05) is 12.1 Å². The van der Waals surface area contributed by atoms with Gasteiger partial charge in [-0.25, -0.2) is 4.79 Å². The van der Waals surface area contributed by atoms with Crippen molar-refractivity contribution in [2.24, 2.45) is 0 Å². The molecule has 1 aliphatic heterocycles. The third kappa shape index (κ3) is 5.47. The number of benzene rings is 1. The lowest BCUT2D eigenvalue weighted by Crippen LogP contribution is -2.49. The second-order valence-electron chi connectivity index (χ2n) is 5.78. The number of likely N-dealkylation sites (tertiary alicyclic amines) is 1. The fourth-order valence-corrected chi connectivity index (χ4v) is 2.69. The van der Waals surface area contributed by atoms with Crippen molar-refractivity contribution < 1.29 is 14.3 Å². The van der Waals surface area contributed by atoms with Crippen LogP contribution in [0.25, 0.3) is 0 Å². The molecule has 1 heterocycles. The molecule has 0 aromatic heterocycles. The second kappa shape index (κ2) is 8.41. The monoisotopic (exact) mass is 319 g/mol. The molecular weight excluding hydrogens is 294 g/mol. The molecule has 1 aliphatic rings. The lowest BCUT2D eigenvalue weighted by molar-refractivity contribution is -0.129. The van der Waals surface area contributed by atoms with E-state index in [0.717, 1.165) is 30.6 Å². The Morgan fingerprint density at radius 3 is 2.43 bits per heavy atom. The number of nitrogens with zero attached hydrogens (tertiary/aromatic N) is 1. The number of piperidine rings is 1. The molecule has 0 spiro atoms. The smallest absolute Gasteiger partial charge is 0.315 e. The molecule has 23 heavy (non-hydrogen) atoms. The third-order valence-electron chi connectivity index (χ3n) is 4.13. The van der Waals surface area contributed by atoms with E-state index in [1.807, 2.05) is 29.2 Å². The van der Waals surface area contributed by atoms with Crippen LogP contribution in [0, 0.1) is 0 Å². The van der Waals surface area contributed by atoms with Gasteiger partial charge in [-0.2, -0.15) is 0 Å². The number of amides is 3. The van der Waals surface area contributed by atoms with Crippen molar-refractivity contribution in [3.8, 4) is 5.75 Å². The van der Waals surface area contributed by atoms with Crippen molar-refractivity contribution in [1.29, 1.82) is 0 Å². The molecule has 6 nitrogen and oxygen atoms in total. The topological polar surface area (TPSA) is 70.7 Å². The molecule has 0 bridgehead atoms. The van der Waals surface area contributed by atoms with E-state index in [1.54, 1.807) is 14.0 Å². The summed E-state index contributed by atoms with van der Waals surface area (Å²) in [5.41, 5.74) is 1.15. The van der Waals surface area contributed by atoms with Crippen LogP contribution in [-0.4, -0.2) is 49.6 Å². The Bertz CT molecular complexity index is 522. The van der Waals surface area contributed by atoms with E-state index in [2.05, 4.69) is 10.6 Å². The molecule has 1 fully saturated rings. The Morgan fingerprint density at radius 1 is 1.22 bits per heavy atom. The predicted molar refractivity (Wildman–Crippen MR) is 88.5 cm³/mol. The quantitative estimate of drug-likeness (QED) is 0.865. The van der Waals surface area contributed by atoms with Gasteiger partial charge in [0.25, 0.3) is 0 Å². The summed E-state index contributed by atoms with van der Waals surface area (Å²) in [6.07, 6.45) is 2.40. The molecule has 2 N–H and O–H groups in total. The number of methoxy groups -OCH3 is 1. The van der Waals surface area contributed by atoms with Crippen molar-refractivity contribution in [2.45, 2.75) is 32.2 Å². The zero-order valence-electron chi connectivity index (χ0n) is 13.8. The zero-order chi connectivity index (χ0) is 16.7. The first-order chi connectivity index (χ1) is 11.1. The minimum atomic E-state index is -0.139. The first-order valence-corrected chi connectivity index (χ1v) is 8.01. The number of hydrogen-bond acceptors (Lipinski definition) is 3. The number of rotatable bonds is 5. The Morgan fingerprint density at radius 2 is 1.87 bits per heavy atom. The SMILES string of the molecule is COc1ccc(CCNC(=O)NC2CCN(C(C)=O)CC2)cc1. The van der Waals surface area contributed by atoms with Gasteiger partial charge in [0.2, 0.25) is 5.91 Å². The zero-order valence-corrected chi connectivity index (χ0v) is 13.8. The van der Waals surface area contributed by atoms with Crippen LogP contribution in [0.3, 0.4) is 0 Å². The third-order valence-corrected chi connectivity index (χ3v) is 4.13. The highest BCUT2D eigenvalue weighted by Gasteiger charge is 2.21. The molecule has 0 unspecified atom stereocenters. The van der Waals surface area contributed by atoms with Crippen LogP contribution in [0.15, 0.2) is 24.3 Å². The van der Waals surface area contributed by atoms with Gasteiger partial charge in [-0.15, -0.1) is 0 Å². The fourth-order valence-electron chi connectivity index (χ4n) is 2.69. The van der Waals surface area contributed by atoms with Crippen molar-refractivity contribution in [3.05, 3.63) is 29.8 Å². The van der Waals surface area contributed by atoms with Crippen LogP contribution in [-0.2, 0) is 11.2 Å². The molecule has 6 heteroatoms. The first kappa shape index (κ1) is 17.1. The molecule has 1 aromatic carbocycles. The minimum absolute atomic E-state index is 0.104. The Balaban J connectivity index is 1.64. The fraction of sp³-hybridized carbons (Fsp3) is 0.529. The first-order valence-electron chi connectivity index (χ1n) is 8.01. The van der Waals surface area contributed by atoms with Crippen LogP contribution in [0.4, 0.5) is 4.79 Å². The maximum atomic E-state index is 11.9. The summed E-state index contributed by atoms with van der Waals surface area (Å²) in [6, 6.07) is 7.83. The van der Waals surface area contributed by atoms with Crippen LogP contribution < -0.4 is 15.4 Å². The van der Waals surface area contributed by atoms with Crippen molar-refractivity contribution in [1.82, 2.24) is 15.5 Å². The Hall–Kier alpha value is -2.24. The summed E-state index contributed by atoms with van der Waals surface area (Å²) in [4.78, 5) is 25.0. The molecule has 126 valence electrons. The number of ether oxygens (including phenoxy) is 1. The molecule has 0 atom stereocenters. The van der Waals surface area contributed by atoms with E-state index < -0.39 is 0 Å². The van der Waals surface area contributed by atoms with Gasteiger partial charge in [0.1, 0.15) is 5.75 Å². The normalized spacial score (nSPS) is 15.1. The van der Waals surface area contributed by atoms with Gasteiger partial charge in [0.05, 0.1) is 7.11 Å². The van der Waals surface area contributed by atoms with Gasteiger partial charge in [0.15, 0.2) is 0 Å². The minimum Gasteiger partial charge on any atom is -0.497 e. The van der Waals surface area contributed by atoms with E-state index in [1.165, 1.54) is 0 Å². The number of carbonyl (C=O) groups is 2. The lowest BCUT2D eigenvalue weighted by Gasteiger charge is -2.31. The van der Waals surface area contributed by atoms with Crippen LogP contribution in [0.5, 0.6) is 5.75 Å². The average Bonchev–Trinajstić information content (AvgIpc) is 2.56. The highest BCUT2D eigenvalue weighted by Crippen LogP contribution is 2.12. The molecule has 0 saturated carbocycles. The maximum Gasteiger partial charge on any atom is 0.315 e. The van der Waals surface area contributed by atoms with Gasteiger partial charge < -0.3 is 20.3 Å². The summed E-state index contributed by atoms with van der Waals surface area (Å²) < 4.78 is 5.11. The number of nitrogens with one attached hydrogen (secondary N) is 2. The van der Waals surface area contributed by atoms with Gasteiger partial charge in [-0.05, 0) is 37.0 Å².